The normalized spacial score (nSPS) is 13.9. The number of aromatic nitrogens is 2. The number of para-hydroxylation sites is 1. The minimum atomic E-state index is -5.22. The Hall–Kier alpha value is -2.84. The van der Waals surface area contributed by atoms with E-state index < -0.39 is 28.8 Å². The first kappa shape index (κ1) is 17.0. The fourth-order valence-electron chi connectivity index (χ4n) is 3.05. The highest BCUT2D eigenvalue weighted by Gasteiger charge is 2.44. The molecule has 0 radical (unpaired) electrons. The topological polar surface area (TPSA) is 64.3 Å². The second-order valence-electron chi connectivity index (χ2n) is 5.76. The number of carbonyl (C=O) groups excluding carboxylic acids is 1. The molecule has 132 valence electrons. The molecule has 6 nitrogen and oxygen atoms in total. The van der Waals surface area contributed by atoms with E-state index in [-0.39, 0.29) is 12.4 Å². The smallest absolute Gasteiger partial charge is 0.326 e. The predicted octanol–water partition coefficient (Wildman–Crippen LogP) is 1.52. The summed E-state index contributed by atoms with van der Waals surface area (Å²) in [5.74, 6) is -2.59. The minimum Gasteiger partial charge on any atom is -0.326 e. The fraction of sp³-hybridized carbons (Fsp3) is 0.312. The Morgan fingerprint density at radius 1 is 1.08 bits per heavy atom. The number of hydrogen-bond acceptors (Lipinski definition) is 4. The molecule has 1 aromatic carbocycles. The minimum absolute atomic E-state index is 0.262. The summed E-state index contributed by atoms with van der Waals surface area (Å²) in [7, 11) is 2.28. The van der Waals surface area contributed by atoms with Crippen LogP contribution in [-0.2, 0) is 20.5 Å². The molecule has 0 fully saturated rings. The molecule has 2 aromatic rings. The van der Waals surface area contributed by atoms with Crippen LogP contribution in [0.25, 0.3) is 0 Å². The lowest BCUT2D eigenvalue weighted by Crippen LogP contribution is -2.45. The van der Waals surface area contributed by atoms with Gasteiger partial charge < -0.3 is 4.90 Å². The highest BCUT2D eigenvalue weighted by Crippen LogP contribution is 2.36. The molecule has 0 aliphatic carbocycles. The van der Waals surface area contributed by atoms with Gasteiger partial charge in [-0.05, 0) is 18.1 Å². The standard InChI is InChI=1S/C16H14F3N3O3/c1-20-13(22-8-7-9-5-3-4-6-10(9)22)11(12(23)16(17,18)19)14(24)21(2)15(20)25/h3-6H,7-8H2,1-2H3. The van der Waals surface area contributed by atoms with Gasteiger partial charge in [0.25, 0.3) is 11.3 Å². The molecule has 1 aromatic heterocycles. The second kappa shape index (κ2) is 5.61. The van der Waals surface area contributed by atoms with Crippen molar-refractivity contribution in [1.29, 1.82) is 0 Å². The van der Waals surface area contributed by atoms with Crippen LogP contribution in [0.4, 0.5) is 24.7 Å². The first-order chi connectivity index (χ1) is 11.6. The molecule has 0 atom stereocenters. The number of alkyl halides is 3. The van der Waals surface area contributed by atoms with Crippen molar-refractivity contribution in [3.8, 4) is 0 Å². The number of halogens is 3. The molecule has 9 heteroatoms. The van der Waals surface area contributed by atoms with Crippen molar-refractivity contribution in [1.82, 2.24) is 9.13 Å². The SMILES string of the molecule is Cn1c(N2CCc3ccccc32)c(C(=O)C(F)(F)F)c(=O)n(C)c1=O. The number of anilines is 2. The molecule has 0 bridgehead atoms. The summed E-state index contributed by atoms with van der Waals surface area (Å²) < 4.78 is 40.5. The maximum Gasteiger partial charge on any atom is 0.455 e. The van der Waals surface area contributed by atoms with Gasteiger partial charge in [-0.25, -0.2) is 4.79 Å². The highest BCUT2D eigenvalue weighted by atomic mass is 19.4. The summed E-state index contributed by atoms with van der Waals surface area (Å²) in [4.78, 5) is 37.9. The number of benzene rings is 1. The number of hydrogen-bond donors (Lipinski definition) is 0. The van der Waals surface area contributed by atoms with E-state index in [0.29, 0.717) is 16.7 Å². The zero-order valence-corrected chi connectivity index (χ0v) is 13.4. The van der Waals surface area contributed by atoms with Crippen molar-refractivity contribution in [3.63, 3.8) is 0 Å². The molecule has 2 heterocycles. The van der Waals surface area contributed by atoms with Crippen LogP contribution in [-0.4, -0.2) is 27.6 Å². The van der Waals surface area contributed by atoms with Crippen LogP contribution in [0, 0.1) is 0 Å². The van der Waals surface area contributed by atoms with Gasteiger partial charge in [0.05, 0.1) is 0 Å². The summed E-state index contributed by atoms with van der Waals surface area (Å²) in [6.07, 6.45) is -4.70. The Balaban J connectivity index is 2.36. The molecular formula is C16H14F3N3O3. The Kier molecular flexibility index (Phi) is 3.81. The number of fused-ring (bicyclic) bond motifs is 1. The molecule has 0 saturated heterocycles. The number of carbonyl (C=O) groups is 1. The van der Waals surface area contributed by atoms with Gasteiger partial charge in [-0.1, -0.05) is 18.2 Å². The molecule has 1 aliphatic rings. The summed E-state index contributed by atoms with van der Waals surface area (Å²) in [6.45, 7) is 0.262. The van der Waals surface area contributed by atoms with Crippen LogP contribution in [0.1, 0.15) is 15.9 Å². The van der Waals surface area contributed by atoms with Crippen LogP contribution in [0.5, 0.6) is 0 Å². The van der Waals surface area contributed by atoms with E-state index in [2.05, 4.69) is 0 Å². The maximum absolute atomic E-state index is 13.0. The van der Waals surface area contributed by atoms with Gasteiger partial charge >= 0.3 is 11.9 Å². The Morgan fingerprint density at radius 2 is 1.72 bits per heavy atom. The summed E-state index contributed by atoms with van der Waals surface area (Å²) in [5, 5.41) is 0. The molecule has 25 heavy (non-hydrogen) atoms. The maximum atomic E-state index is 13.0. The van der Waals surface area contributed by atoms with Crippen LogP contribution in [0.3, 0.4) is 0 Å². The van der Waals surface area contributed by atoms with Crippen LogP contribution in [0.2, 0.25) is 0 Å². The quantitative estimate of drug-likeness (QED) is 0.768. The van der Waals surface area contributed by atoms with Crippen LogP contribution in [0.15, 0.2) is 33.9 Å². The van der Waals surface area contributed by atoms with Crippen LogP contribution < -0.4 is 16.1 Å². The number of rotatable bonds is 2. The van der Waals surface area contributed by atoms with Gasteiger partial charge in [0, 0.05) is 26.3 Å². The first-order valence-electron chi connectivity index (χ1n) is 7.41. The van der Waals surface area contributed by atoms with E-state index in [9.17, 15) is 27.6 Å². The van der Waals surface area contributed by atoms with Crippen LogP contribution >= 0.6 is 0 Å². The summed E-state index contributed by atoms with van der Waals surface area (Å²) in [6, 6.07) is 6.96. The van der Waals surface area contributed by atoms with E-state index in [0.717, 1.165) is 17.2 Å². The number of nitrogens with zero attached hydrogens (tertiary/aromatic N) is 3. The zero-order chi connectivity index (χ0) is 18.5. The average molecular weight is 353 g/mol. The number of ketones is 1. The number of Topliss-reactive ketones (excluding diaryl/α,β-unsaturated/α-hetero) is 1. The molecule has 0 saturated carbocycles. The monoisotopic (exact) mass is 353 g/mol. The Morgan fingerprint density at radius 3 is 2.36 bits per heavy atom. The molecular weight excluding hydrogens is 339 g/mol. The van der Waals surface area contributed by atoms with Gasteiger partial charge in [-0.3, -0.25) is 18.7 Å². The van der Waals surface area contributed by atoms with Gasteiger partial charge in [-0.15, -0.1) is 0 Å². The van der Waals surface area contributed by atoms with E-state index in [1.807, 2.05) is 0 Å². The van der Waals surface area contributed by atoms with E-state index >= 15 is 0 Å². The van der Waals surface area contributed by atoms with Gasteiger partial charge in [-0.2, -0.15) is 13.2 Å². The lowest BCUT2D eigenvalue weighted by atomic mass is 10.1. The predicted molar refractivity (Wildman–Crippen MR) is 84.5 cm³/mol. The third-order valence-corrected chi connectivity index (χ3v) is 4.26. The lowest BCUT2D eigenvalue weighted by molar-refractivity contribution is -0.0886. The van der Waals surface area contributed by atoms with Crippen molar-refractivity contribution in [2.45, 2.75) is 12.6 Å². The Labute approximate surface area is 139 Å². The third kappa shape index (κ3) is 2.55. The third-order valence-electron chi connectivity index (χ3n) is 4.26. The summed E-state index contributed by atoms with van der Waals surface area (Å²) in [5.41, 5.74) is -1.68. The second-order valence-corrected chi connectivity index (χ2v) is 5.76. The van der Waals surface area contributed by atoms with Gasteiger partial charge in [0.2, 0.25) is 0 Å². The lowest BCUT2D eigenvalue weighted by Gasteiger charge is -2.25. The molecule has 0 N–H and O–H groups in total. The van der Waals surface area contributed by atoms with Gasteiger partial charge in [0.15, 0.2) is 0 Å². The molecule has 1 aliphatic heterocycles. The average Bonchev–Trinajstić information content (AvgIpc) is 2.98. The molecule has 0 unspecified atom stereocenters. The van der Waals surface area contributed by atoms with Crippen molar-refractivity contribution in [2.75, 3.05) is 11.4 Å². The van der Waals surface area contributed by atoms with Crippen molar-refractivity contribution < 1.29 is 18.0 Å². The van der Waals surface area contributed by atoms with Gasteiger partial charge in [0.1, 0.15) is 11.4 Å². The van der Waals surface area contributed by atoms with E-state index in [1.165, 1.54) is 11.9 Å². The largest absolute Gasteiger partial charge is 0.455 e. The molecule has 0 amide bonds. The molecule has 0 spiro atoms. The van der Waals surface area contributed by atoms with Crippen molar-refractivity contribution in [3.05, 3.63) is 56.2 Å². The van der Waals surface area contributed by atoms with Crippen molar-refractivity contribution in [2.24, 2.45) is 14.1 Å². The zero-order valence-electron chi connectivity index (χ0n) is 13.4. The van der Waals surface area contributed by atoms with E-state index in [4.69, 9.17) is 0 Å². The van der Waals surface area contributed by atoms with E-state index in [1.54, 1.807) is 24.3 Å². The highest BCUT2D eigenvalue weighted by molar-refractivity contribution is 6.04. The first-order valence-corrected chi connectivity index (χ1v) is 7.41. The molecule has 3 rings (SSSR count). The Bertz CT molecular complexity index is 989. The fourth-order valence-corrected chi connectivity index (χ4v) is 3.05. The van der Waals surface area contributed by atoms with Crippen molar-refractivity contribution >= 4 is 17.3 Å². The summed E-state index contributed by atoms with van der Waals surface area (Å²) >= 11 is 0.